The molecular formula is C10H18O2. The smallest absolute Gasteiger partial charge is 0.333 e. The molecule has 0 aromatic rings. The topological polar surface area (TPSA) is 26.3 Å². The molecule has 0 spiro atoms. The third kappa shape index (κ3) is 4.94. The number of esters is 1. The minimum absolute atomic E-state index is 0.0314. The first-order valence-electron chi connectivity index (χ1n) is 4.21. The zero-order valence-corrected chi connectivity index (χ0v) is 8.44. The van der Waals surface area contributed by atoms with E-state index >= 15 is 0 Å². The summed E-state index contributed by atoms with van der Waals surface area (Å²) in [7, 11) is 0. The fourth-order valence-electron chi connectivity index (χ4n) is 0.528. The maximum Gasteiger partial charge on any atom is 0.333 e. The minimum atomic E-state index is -0.271. The second-order valence-electron chi connectivity index (χ2n) is 4.09. The molecule has 2 nitrogen and oxygen atoms in total. The normalized spacial score (nSPS) is 11.0. The summed E-state index contributed by atoms with van der Waals surface area (Å²) in [6.45, 7) is 12.0. The lowest BCUT2D eigenvalue weighted by Crippen LogP contribution is -2.18. The van der Waals surface area contributed by atoms with Gasteiger partial charge in [0, 0.05) is 5.57 Å². The van der Waals surface area contributed by atoms with Crippen LogP contribution in [0.5, 0.6) is 0 Å². The Hall–Kier alpha value is -0.790. The molecule has 0 aliphatic rings. The molecule has 0 aromatic carbocycles. The van der Waals surface area contributed by atoms with E-state index in [1.165, 1.54) is 0 Å². The second kappa shape index (κ2) is 4.29. The monoisotopic (exact) mass is 170 g/mol. The van der Waals surface area contributed by atoms with Crippen molar-refractivity contribution in [3.63, 3.8) is 0 Å². The zero-order chi connectivity index (χ0) is 9.78. The quantitative estimate of drug-likeness (QED) is 0.480. The Morgan fingerprint density at radius 2 is 1.92 bits per heavy atom. The molecular weight excluding hydrogens is 152 g/mol. The highest BCUT2D eigenvalue weighted by Crippen LogP contribution is 2.14. The van der Waals surface area contributed by atoms with E-state index in [1.54, 1.807) is 0 Å². The lowest BCUT2D eigenvalue weighted by atomic mass is 9.99. The Balaban J connectivity index is 3.80. The third-order valence-electron chi connectivity index (χ3n) is 1.35. The van der Waals surface area contributed by atoms with E-state index in [4.69, 9.17) is 4.74 Å². The average molecular weight is 170 g/mol. The summed E-state index contributed by atoms with van der Waals surface area (Å²) >= 11 is 0. The van der Waals surface area contributed by atoms with Crippen LogP contribution in [0.1, 0.15) is 34.1 Å². The van der Waals surface area contributed by atoms with Crippen molar-refractivity contribution >= 4 is 5.97 Å². The summed E-state index contributed by atoms with van der Waals surface area (Å²) in [5, 5.41) is 0. The van der Waals surface area contributed by atoms with Crippen molar-refractivity contribution in [2.75, 3.05) is 6.61 Å². The standard InChI is InChI=1S/C10H18O2/c1-6-8(2)9(11)12-7-10(3,4)5/h2,6-7H2,1,3-5H3. The van der Waals surface area contributed by atoms with Gasteiger partial charge in [0.2, 0.25) is 0 Å². The summed E-state index contributed by atoms with van der Waals surface area (Å²) in [6.07, 6.45) is 0.656. The lowest BCUT2D eigenvalue weighted by molar-refractivity contribution is -0.141. The van der Waals surface area contributed by atoms with Crippen LogP contribution in [0.2, 0.25) is 0 Å². The first-order chi connectivity index (χ1) is 5.37. The summed E-state index contributed by atoms with van der Waals surface area (Å²) in [5.41, 5.74) is 0.572. The maximum absolute atomic E-state index is 11.1. The van der Waals surface area contributed by atoms with Crippen LogP contribution in [0.3, 0.4) is 0 Å². The van der Waals surface area contributed by atoms with Crippen molar-refractivity contribution in [1.82, 2.24) is 0 Å². The van der Waals surface area contributed by atoms with Crippen molar-refractivity contribution < 1.29 is 9.53 Å². The van der Waals surface area contributed by atoms with Crippen LogP contribution in [-0.2, 0) is 9.53 Å². The highest BCUT2D eigenvalue weighted by Gasteiger charge is 2.14. The fraction of sp³-hybridized carbons (Fsp3) is 0.700. The molecule has 0 aromatic heterocycles. The molecule has 0 N–H and O–H groups in total. The van der Waals surface area contributed by atoms with E-state index in [9.17, 15) is 4.79 Å². The second-order valence-corrected chi connectivity index (χ2v) is 4.09. The fourth-order valence-corrected chi connectivity index (χ4v) is 0.528. The van der Waals surface area contributed by atoms with Crippen LogP contribution in [-0.4, -0.2) is 12.6 Å². The van der Waals surface area contributed by atoms with Crippen molar-refractivity contribution in [1.29, 1.82) is 0 Å². The number of ether oxygens (including phenoxy) is 1. The SMILES string of the molecule is C=C(CC)C(=O)OCC(C)(C)C. The Kier molecular flexibility index (Phi) is 4.01. The Morgan fingerprint density at radius 3 is 2.25 bits per heavy atom. The predicted molar refractivity (Wildman–Crippen MR) is 49.8 cm³/mol. The van der Waals surface area contributed by atoms with Crippen molar-refractivity contribution in [2.24, 2.45) is 5.41 Å². The Morgan fingerprint density at radius 1 is 1.42 bits per heavy atom. The summed E-state index contributed by atoms with van der Waals surface area (Å²) in [5.74, 6) is -0.271. The van der Waals surface area contributed by atoms with Gasteiger partial charge < -0.3 is 4.74 Å². The van der Waals surface area contributed by atoms with E-state index in [0.717, 1.165) is 0 Å². The first kappa shape index (κ1) is 11.2. The predicted octanol–water partition coefficient (Wildman–Crippen LogP) is 2.54. The number of rotatable bonds is 3. The number of hydrogen-bond acceptors (Lipinski definition) is 2. The van der Waals surface area contributed by atoms with E-state index in [0.29, 0.717) is 18.6 Å². The summed E-state index contributed by atoms with van der Waals surface area (Å²) in [6, 6.07) is 0. The molecule has 0 aliphatic heterocycles. The zero-order valence-electron chi connectivity index (χ0n) is 8.44. The van der Waals surface area contributed by atoms with E-state index in [1.807, 2.05) is 27.7 Å². The van der Waals surface area contributed by atoms with Crippen LogP contribution in [0.4, 0.5) is 0 Å². The van der Waals surface area contributed by atoms with Crippen molar-refractivity contribution in [3.8, 4) is 0 Å². The molecule has 0 heterocycles. The first-order valence-corrected chi connectivity index (χ1v) is 4.21. The van der Waals surface area contributed by atoms with Crippen LogP contribution in [0, 0.1) is 5.41 Å². The molecule has 12 heavy (non-hydrogen) atoms. The Labute approximate surface area is 74.6 Å². The molecule has 0 radical (unpaired) electrons. The third-order valence-corrected chi connectivity index (χ3v) is 1.35. The molecule has 70 valence electrons. The molecule has 0 aliphatic carbocycles. The molecule has 0 saturated heterocycles. The Bertz CT molecular complexity index is 175. The summed E-state index contributed by atoms with van der Waals surface area (Å²) in [4.78, 5) is 11.1. The van der Waals surface area contributed by atoms with Gasteiger partial charge in [-0.1, -0.05) is 34.3 Å². The van der Waals surface area contributed by atoms with Gasteiger partial charge in [-0.25, -0.2) is 4.79 Å². The van der Waals surface area contributed by atoms with Crippen molar-refractivity contribution in [2.45, 2.75) is 34.1 Å². The molecule has 0 rings (SSSR count). The van der Waals surface area contributed by atoms with Gasteiger partial charge in [-0.3, -0.25) is 0 Å². The number of carbonyl (C=O) groups excluding carboxylic acids is 1. The van der Waals surface area contributed by atoms with E-state index in [2.05, 4.69) is 6.58 Å². The molecule has 0 bridgehead atoms. The number of carbonyl (C=O) groups is 1. The minimum Gasteiger partial charge on any atom is -0.462 e. The van der Waals surface area contributed by atoms with Gasteiger partial charge in [0.15, 0.2) is 0 Å². The lowest BCUT2D eigenvalue weighted by Gasteiger charge is -2.17. The van der Waals surface area contributed by atoms with Gasteiger partial charge in [-0.05, 0) is 11.8 Å². The molecule has 0 fully saturated rings. The molecule has 0 unspecified atom stereocenters. The van der Waals surface area contributed by atoms with E-state index < -0.39 is 0 Å². The van der Waals surface area contributed by atoms with Gasteiger partial charge in [0.05, 0.1) is 6.61 Å². The van der Waals surface area contributed by atoms with Gasteiger partial charge in [-0.15, -0.1) is 0 Å². The van der Waals surface area contributed by atoms with Gasteiger partial charge in [0.25, 0.3) is 0 Å². The van der Waals surface area contributed by atoms with Crippen LogP contribution in [0.25, 0.3) is 0 Å². The molecule has 0 amide bonds. The highest BCUT2D eigenvalue weighted by atomic mass is 16.5. The van der Waals surface area contributed by atoms with Crippen LogP contribution in [0.15, 0.2) is 12.2 Å². The highest BCUT2D eigenvalue weighted by molar-refractivity contribution is 5.87. The van der Waals surface area contributed by atoms with Gasteiger partial charge >= 0.3 is 5.97 Å². The molecule has 0 atom stereocenters. The molecule has 0 saturated carbocycles. The molecule has 2 heteroatoms. The van der Waals surface area contributed by atoms with E-state index in [-0.39, 0.29) is 11.4 Å². The van der Waals surface area contributed by atoms with Gasteiger partial charge in [-0.2, -0.15) is 0 Å². The van der Waals surface area contributed by atoms with Crippen molar-refractivity contribution in [3.05, 3.63) is 12.2 Å². The van der Waals surface area contributed by atoms with Gasteiger partial charge in [0.1, 0.15) is 0 Å². The van der Waals surface area contributed by atoms with Crippen LogP contribution >= 0.6 is 0 Å². The largest absolute Gasteiger partial charge is 0.462 e. The van der Waals surface area contributed by atoms with Crippen LogP contribution < -0.4 is 0 Å². The maximum atomic E-state index is 11.1. The summed E-state index contributed by atoms with van der Waals surface area (Å²) < 4.78 is 5.02. The number of hydrogen-bond donors (Lipinski definition) is 0. The average Bonchev–Trinajstić information content (AvgIpc) is 1.97.